The monoisotopic (exact) mass is 507 g/mol. The number of amides is 1. The lowest BCUT2D eigenvalue weighted by Crippen LogP contribution is -2.32. The van der Waals surface area contributed by atoms with Crippen molar-refractivity contribution in [3.05, 3.63) is 54.1 Å². The molecule has 0 radical (unpaired) electrons. The summed E-state index contributed by atoms with van der Waals surface area (Å²) in [7, 11) is -7.02. The molecule has 0 aliphatic carbocycles. The summed E-state index contributed by atoms with van der Waals surface area (Å²) in [6, 6.07) is 13.4. The second-order valence-corrected chi connectivity index (χ2v) is 12.5. The van der Waals surface area contributed by atoms with Crippen LogP contribution in [0.15, 0.2) is 53.4 Å². The van der Waals surface area contributed by atoms with Gasteiger partial charge in [-0.25, -0.2) is 16.8 Å². The number of aryl methyl sites for hydroxylation is 1. The molecule has 0 saturated carbocycles. The van der Waals surface area contributed by atoms with Gasteiger partial charge in [0.05, 0.1) is 16.8 Å². The molecule has 1 N–H and O–H groups in total. The molecule has 2 aromatic carbocycles. The predicted molar refractivity (Wildman–Crippen MR) is 135 cm³/mol. The molecule has 10 heteroatoms. The Morgan fingerprint density at radius 2 is 1.62 bits per heavy atom. The molecule has 1 aliphatic rings. The van der Waals surface area contributed by atoms with E-state index in [0.29, 0.717) is 30.9 Å². The molecule has 1 heterocycles. The molecule has 1 fully saturated rings. The Morgan fingerprint density at radius 3 is 2.21 bits per heavy atom. The van der Waals surface area contributed by atoms with Crippen LogP contribution < -0.4 is 9.62 Å². The zero-order valence-electron chi connectivity index (χ0n) is 19.7. The lowest BCUT2D eigenvalue weighted by atomic mass is 10.2. The van der Waals surface area contributed by atoms with Crippen LogP contribution in [0, 0.1) is 6.92 Å². The van der Waals surface area contributed by atoms with E-state index < -0.39 is 20.0 Å². The molecule has 3 rings (SSSR count). The number of rotatable bonds is 9. The van der Waals surface area contributed by atoms with Crippen molar-refractivity contribution in [1.29, 1.82) is 0 Å². The summed E-state index contributed by atoms with van der Waals surface area (Å²) in [5.74, 6) is -0.263. The molecule has 8 nitrogen and oxygen atoms in total. The molecule has 34 heavy (non-hydrogen) atoms. The number of sulfonamides is 2. The van der Waals surface area contributed by atoms with Crippen molar-refractivity contribution in [2.75, 3.05) is 35.5 Å². The van der Waals surface area contributed by atoms with E-state index in [0.717, 1.165) is 37.5 Å². The lowest BCUT2D eigenvalue weighted by molar-refractivity contribution is -0.116. The highest BCUT2D eigenvalue weighted by Crippen LogP contribution is 2.22. The second-order valence-electron chi connectivity index (χ2n) is 8.67. The molecule has 0 atom stereocenters. The van der Waals surface area contributed by atoms with Crippen LogP contribution in [0.1, 0.15) is 44.1 Å². The summed E-state index contributed by atoms with van der Waals surface area (Å²) < 4.78 is 53.1. The highest BCUT2D eigenvalue weighted by Gasteiger charge is 2.25. The Kier molecular flexibility index (Phi) is 8.72. The van der Waals surface area contributed by atoms with Crippen molar-refractivity contribution >= 4 is 37.3 Å². The Balaban J connectivity index is 1.56. The first-order chi connectivity index (χ1) is 16.1. The van der Waals surface area contributed by atoms with E-state index in [4.69, 9.17) is 0 Å². The van der Waals surface area contributed by atoms with E-state index in [2.05, 4.69) is 5.32 Å². The second kappa shape index (κ2) is 11.3. The predicted octanol–water partition coefficient (Wildman–Crippen LogP) is 3.74. The SMILES string of the molecule is Cc1cccc(N(CCCC(=O)Nc2ccc(S(=O)(=O)N3CCCCCC3)cc2)S(C)(=O)=O)c1. The maximum Gasteiger partial charge on any atom is 0.243 e. The van der Waals surface area contributed by atoms with Crippen molar-refractivity contribution < 1.29 is 21.6 Å². The van der Waals surface area contributed by atoms with Crippen LogP contribution in [0.5, 0.6) is 0 Å². The Bertz CT molecular complexity index is 1190. The highest BCUT2D eigenvalue weighted by atomic mass is 32.2. The van der Waals surface area contributed by atoms with Gasteiger partial charge >= 0.3 is 0 Å². The number of carbonyl (C=O) groups excluding carboxylic acids is 1. The van der Waals surface area contributed by atoms with Crippen LogP contribution in [0.25, 0.3) is 0 Å². The topological polar surface area (TPSA) is 104 Å². The molecular formula is C24H33N3O5S2. The fourth-order valence-electron chi connectivity index (χ4n) is 4.02. The third-order valence-corrected chi connectivity index (χ3v) is 8.90. The summed E-state index contributed by atoms with van der Waals surface area (Å²) in [5.41, 5.74) is 2.02. The standard InChI is InChI=1S/C24H33N3O5S2/c1-20-9-7-10-22(19-20)27(33(2,29)30)18-8-11-24(28)25-21-12-14-23(15-13-21)34(31,32)26-16-5-3-4-6-17-26/h7,9-10,12-15,19H,3-6,8,11,16-18H2,1-2H3,(H,25,28). The van der Waals surface area contributed by atoms with Gasteiger partial charge < -0.3 is 5.32 Å². The number of nitrogens with zero attached hydrogens (tertiary/aromatic N) is 2. The zero-order chi connectivity index (χ0) is 24.8. The van der Waals surface area contributed by atoms with Crippen molar-refractivity contribution in [3.8, 4) is 0 Å². The van der Waals surface area contributed by atoms with E-state index in [1.807, 2.05) is 13.0 Å². The molecule has 1 saturated heterocycles. The molecule has 0 unspecified atom stereocenters. The molecule has 186 valence electrons. The molecule has 1 amide bonds. The summed E-state index contributed by atoms with van der Waals surface area (Å²) in [6.45, 7) is 3.15. The van der Waals surface area contributed by atoms with Crippen molar-refractivity contribution in [1.82, 2.24) is 4.31 Å². The van der Waals surface area contributed by atoms with Gasteiger partial charge in [-0.3, -0.25) is 9.10 Å². The van der Waals surface area contributed by atoms with Gasteiger partial charge in [0.15, 0.2) is 0 Å². The molecule has 0 bridgehead atoms. The van der Waals surface area contributed by atoms with E-state index in [-0.39, 0.29) is 23.8 Å². The largest absolute Gasteiger partial charge is 0.326 e. The minimum atomic E-state index is -3.54. The smallest absolute Gasteiger partial charge is 0.243 e. The first kappa shape index (κ1) is 26.2. The van der Waals surface area contributed by atoms with Crippen LogP contribution in [-0.2, 0) is 24.8 Å². The molecular weight excluding hydrogens is 474 g/mol. The fourth-order valence-corrected chi connectivity index (χ4v) is 6.49. The molecule has 2 aromatic rings. The number of nitrogens with one attached hydrogen (secondary N) is 1. The summed E-state index contributed by atoms with van der Waals surface area (Å²) in [6.07, 6.45) is 5.45. The highest BCUT2D eigenvalue weighted by molar-refractivity contribution is 7.92. The first-order valence-corrected chi connectivity index (χ1v) is 14.8. The average Bonchev–Trinajstić information content (AvgIpc) is 3.06. The third-order valence-electron chi connectivity index (χ3n) is 5.80. The Morgan fingerprint density at radius 1 is 0.971 bits per heavy atom. The quantitative estimate of drug-likeness (QED) is 0.557. The Labute approximate surface area is 203 Å². The van der Waals surface area contributed by atoms with Crippen LogP contribution in [-0.4, -0.2) is 52.9 Å². The van der Waals surface area contributed by atoms with E-state index in [1.165, 1.54) is 20.7 Å². The van der Waals surface area contributed by atoms with Gasteiger partial charge in [0.25, 0.3) is 0 Å². The number of anilines is 2. The molecule has 0 spiro atoms. The summed E-state index contributed by atoms with van der Waals surface area (Å²) in [4.78, 5) is 12.6. The fraction of sp³-hybridized carbons (Fsp3) is 0.458. The van der Waals surface area contributed by atoms with Crippen LogP contribution in [0.2, 0.25) is 0 Å². The van der Waals surface area contributed by atoms with Gasteiger partial charge in [0.1, 0.15) is 0 Å². The van der Waals surface area contributed by atoms with Crippen LogP contribution >= 0.6 is 0 Å². The maximum atomic E-state index is 12.9. The van der Waals surface area contributed by atoms with Gasteiger partial charge in [-0.1, -0.05) is 25.0 Å². The van der Waals surface area contributed by atoms with E-state index >= 15 is 0 Å². The minimum Gasteiger partial charge on any atom is -0.326 e. The van der Waals surface area contributed by atoms with Crippen molar-refractivity contribution in [2.24, 2.45) is 0 Å². The number of benzene rings is 2. The summed E-state index contributed by atoms with van der Waals surface area (Å²) >= 11 is 0. The normalized spacial score (nSPS) is 15.5. The van der Waals surface area contributed by atoms with Crippen LogP contribution in [0.4, 0.5) is 11.4 Å². The lowest BCUT2D eigenvalue weighted by Gasteiger charge is -2.22. The van der Waals surface area contributed by atoms with Gasteiger partial charge in [-0.05, 0) is 68.1 Å². The zero-order valence-corrected chi connectivity index (χ0v) is 21.4. The minimum absolute atomic E-state index is 0.131. The van der Waals surface area contributed by atoms with Gasteiger partial charge in [0, 0.05) is 31.7 Å². The average molecular weight is 508 g/mol. The van der Waals surface area contributed by atoms with Gasteiger partial charge in [-0.15, -0.1) is 0 Å². The molecule has 1 aliphatic heterocycles. The van der Waals surface area contributed by atoms with E-state index in [9.17, 15) is 21.6 Å². The molecule has 0 aromatic heterocycles. The Hall–Kier alpha value is -2.43. The number of carbonyl (C=O) groups is 1. The summed E-state index contributed by atoms with van der Waals surface area (Å²) in [5, 5.41) is 2.76. The first-order valence-electron chi connectivity index (χ1n) is 11.5. The third kappa shape index (κ3) is 7.04. The van der Waals surface area contributed by atoms with Crippen molar-refractivity contribution in [3.63, 3.8) is 0 Å². The van der Waals surface area contributed by atoms with Gasteiger partial charge in [-0.2, -0.15) is 4.31 Å². The number of hydrogen-bond donors (Lipinski definition) is 1. The van der Waals surface area contributed by atoms with E-state index in [1.54, 1.807) is 30.3 Å². The number of hydrogen-bond acceptors (Lipinski definition) is 5. The van der Waals surface area contributed by atoms with Crippen molar-refractivity contribution in [2.45, 2.75) is 50.3 Å². The maximum absolute atomic E-state index is 12.9. The van der Waals surface area contributed by atoms with Crippen LogP contribution in [0.3, 0.4) is 0 Å². The van der Waals surface area contributed by atoms with Gasteiger partial charge in [0.2, 0.25) is 26.0 Å².